The van der Waals surface area contributed by atoms with Crippen LogP contribution >= 0.6 is 0 Å². The fourth-order valence-corrected chi connectivity index (χ4v) is 8.83. The molecule has 0 radical (unpaired) electrons. The lowest BCUT2D eigenvalue weighted by Crippen LogP contribution is -2.32. The molecule has 2 aliphatic rings. The second-order valence-corrected chi connectivity index (χ2v) is 18.9. The topological polar surface area (TPSA) is 43.4 Å². The highest BCUT2D eigenvalue weighted by Crippen LogP contribution is 2.40. The average Bonchev–Trinajstić information content (AvgIpc) is 3.30. The first-order chi connectivity index (χ1) is 30.2. The zero-order valence-electron chi connectivity index (χ0n) is 37.9. The van der Waals surface area contributed by atoms with Crippen molar-refractivity contribution >= 4 is 5.69 Å². The predicted molar refractivity (Wildman–Crippen MR) is 255 cm³/mol. The van der Waals surface area contributed by atoms with Crippen LogP contribution in [0.2, 0.25) is 0 Å². The Kier molecular flexibility index (Phi) is 11.1. The van der Waals surface area contributed by atoms with Crippen LogP contribution < -0.4 is 23.8 Å². The Morgan fingerprint density at radius 1 is 0.413 bits per heavy atom. The number of fused-ring (bicyclic) bond motifs is 2. The average molecular weight is 835 g/mol. The zero-order valence-corrected chi connectivity index (χ0v) is 37.9. The molecule has 0 amide bonds. The van der Waals surface area contributed by atoms with Gasteiger partial charge in [0, 0.05) is 46.1 Å². The van der Waals surface area contributed by atoms with Crippen molar-refractivity contribution in [1.29, 1.82) is 0 Å². The highest BCUT2D eigenvalue weighted by Gasteiger charge is 2.30. The molecule has 0 bridgehead atoms. The highest BCUT2D eigenvalue weighted by atomic mass is 16.5. The number of hydrogen-bond donors (Lipinski definition) is 0. The first-order valence-corrected chi connectivity index (χ1v) is 22.0. The van der Waals surface area contributed by atoms with E-state index in [4.69, 9.17) is 18.9 Å². The van der Waals surface area contributed by atoms with Crippen molar-refractivity contribution in [2.75, 3.05) is 25.4 Å². The van der Waals surface area contributed by atoms with Gasteiger partial charge in [-0.3, -0.25) is 4.90 Å². The van der Waals surface area contributed by atoms with Crippen LogP contribution in [0.5, 0.6) is 34.5 Å². The Morgan fingerprint density at radius 3 is 1.22 bits per heavy atom. The second kappa shape index (κ2) is 16.7. The Bertz CT molecular complexity index is 2700. The number of hydrogen-bond acceptors (Lipinski definition) is 6. The minimum atomic E-state index is -0.205. The molecule has 0 fully saturated rings. The Morgan fingerprint density at radius 2 is 0.762 bits per heavy atom. The molecule has 6 heteroatoms. The fraction of sp³-hybridized carbons (Fsp3) is 0.263. The number of nitrogens with zero attached hydrogens (tertiary/aromatic N) is 2. The molecule has 0 aromatic heterocycles. The molecule has 0 saturated carbocycles. The third-order valence-electron chi connectivity index (χ3n) is 13.4. The van der Waals surface area contributed by atoms with Crippen LogP contribution in [0.3, 0.4) is 0 Å². The third kappa shape index (κ3) is 8.65. The summed E-state index contributed by atoms with van der Waals surface area (Å²) >= 11 is 0. The van der Waals surface area contributed by atoms with Crippen molar-refractivity contribution in [3.05, 3.63) is 208 Å². The summed E-state index contributed by atoms with van der Waals surface area (Å²) in [5.41, 5.74) is 11.7. The smallest absolute Gasteiger partial charge is 0.161 e. The largest absolute Gasteiger partial charge is 0.478 e. The van der Waals surface area contributed by atoms with Crippen LogP contribution in [0.25, 0.3) is 0 Å². The molecule has 2 aliphatic heterocycles. The van der Waals surface area contributed by atoms with Crippen LogP contribution in [-0.2, 0) is 29.3 Å². The molecule has 9 rings (SSSR count). The number of aryl methyl sites for hydroxylation is 1. The Labute approximate surface area is 373 Å². The van der Waals surface area contributed by atoms with Gasteiger partial charge in [0.05, 0.1) is 0 Å². The summed E-state index contributed by atoms with van der Waals surface area (Å²) in [4.78, 5) is 4.46. The second-order valence-electron chi connectivity index (χ2n) is 18.9. The summed E-state index contributed by atoms with van der Waals surface area (Å²) in [5.74, 6) is 5.18. The van der Waals surface area contributed by atoms with E-state index >= 15 is 0 Å². The van der Waals surface area contributed by atoms with E-state index in [9.17, 15) is 0 Å². The molecular formula is C57H58N2O4. The van der Waals surface area contributed by atoms with Crippen LogP contribution in [0.1, 0.15) is 91.6 Å². The van der Waals surface area contributed by atoms with Gasteiger partial charge in [0.1, 0.15) is 41.2 Å². The highest BCUT2D eigenvalue weighted by molar-refractivity contribution is 5.55. The molecule has 0 spiro atoms. The lowest BCUT2D eigenvalue weighted by Gasteiger charge is -2.33. The van der Waals surface area contributed by atoms with Gasteiger partial charge in [-0.15, -0.1) is 0 Å². The molecule has 320 valence electrons. The maximum atomic E-state index is 6.32. The van der Waals surface area contributed by atoms with Crippen molar-refractivity contribution in [2.45, 2.75) is 77.8 Å². The van der Waals surface area contributed by atoms with E-state index in [1.165, 1.54) is 50.1 Å². The maximum absolute atomic E-state index is 6.32. The molecule has 0 saturated heterocycles. The van der Waals surface area contributed by atoms with E-state index in [2.05, 4.69) is 187 Å². The van der Waals surface area contributed by atoms with E-state index < -0.39 is 0 Å². The molecule has 0 N–H and O–H groups in total. The van der Waals surface area contributed by atoms with Gasteiger partial charge in [0.15, 0.2) is 6.73 Å². The summed E-state index contributed by atoms with van der Waals surface area (Å²) in [6.45, 7) is 18.6. The lowest BCUT2D eigenvalue weighted by atomic mass is 9.74. The first kappa shape index (κ1) is 41.8. The molecule has 2 heterocycles. The lowest BCUT2D eigenvalue weighted by molar-refractivity contribution is 0.121. The summed E-state index contributed by atoms with van der Waals surface area (Å²) in [6.07, 6.45) is 0. The molecule has 7 aromatic rings. The van der Waals surface area contributed by atoms with E-state index in [1.54, 1.807) is 0 Å². The SMILES string of the molecule is Cc1ccc(Oc2ccc(C(C)(C)c3ccc(Oc4ccc(N5COc6ccc(C(C)(C)c7ccc(C(C)(C)c8ccc9c(c8)CN(C)CO9)cc7)cc6C5)cc4)cc3)cc2)cc1. The standard InChI is InChI=1S/C57H58N2O4/c1-39-9-23-49(24-10-39)62-50-25-15-44(16-26-50)55(2,3)45-17-27-51(28-18-45)63-52-29-21-48(22-30-52)59-36-41-34-47(20-32-54(41)61-38-59)57(6,7)43-13-11-42(12-14-43)56(4,5)46-19-31-53-40(33-46)35-58(8)37-60-53/h9-34H,35-38H2,1-8H3. The zero-order chi connectivity index (χ0) is 43.9. The molecule has 0 atom stereocenters. The van der Waals surface area contributed by atoms with Gasteiger partial charge in [-0.2, -0.15) is 0 Å². The van der Waals surface area contributed by atoms with E-state index in [-0.39, 0.29) is 16.2 Å². The van der Waals surface area contributed by atoms with Crippen LogP contribution in [0.15, 0.2) is 158 Å². The molecule has 0 aliphatic carbocycles. The van der Waals surface area contributed by atoms with Crippen LogP contribution in [0.4, 0.5) is 5.69 Å². The van der Waals surface area contributed by atoms with Crippen molar-refractivity contribution in [2.24, 2.45) is 0 Å². The first-order valence-electron chi connectivity index (χ1n) is 22.0. The van der Waals surface area contributed by atoms with Gasteiger partial charge in [0.25, 0.3) is 0 Å². The van der Waals surface area contributed by atoms with Crippen molar-refractivity contribution in [3.63, 3.8) is 0 Å². The van der Waals surface area contributed by atoms with Crippen molar-refractivity contribution < 1.29 is 18.9 Å². The maximum Gasteiger partial charge on any atom is 0.161 e. The molecule has 7 aromatic carbocycles. The third-order valence-corrected chi connectivity index (χ3v) is 13.4. The van der Waals surface area contributed by atoms with Crippen molar-refractivity contribution in [3.8, 4) is 34.5 Å². The number of benzene rings is 7. The minimum absolute atomic E-state index is 0.151. The summed E-state index contributed by atoms with van der Waals surface area (Å²) < 4.78 is 24.6. The summed E-state index contributed by atoms with van der Waals surface area (Å²) in [5, 5.41) is 0. The van der Waals surface area contributed by atoms with Gasteiger partial charge in [-0.25, -0.2) is 0 Å². The van der Waals surface area contributed by atoms with Crippen molar-refractivity contribution in [1.82, 2.24) is 4.90 Å². The molecule has 0 unspecified atom stereocenters. The van der Waals surface area contributed by atoms with E-state index in [0.717, 1.165) is 53.3 Å². The number of rotatable bonds is 11. The Balaban J connectivity index is 0.828. The molecule has 6 nitrogen and oxygen atoms in total. The van der Waals surface area contributed by atoms with Gasteiger partial charge in [0.2, 0.25) is 0 Å². The monoisotopic (exact) mass is 834 g/mol. The van der Waals surface area contributed by atoms with Gasteiger partial charge >= 0.3 is 0 Å². The molecular weight excluding hydrogens is 777 g/mol. The van der Waals surface area contributed by atoms with E-state index in [0.29, 0.717) is 13.5 Å². The quantitative estimate of drug-likeness (QED) is 0.129. The van der Waals surface area contributed by atoms with Gasteiger partial charge in [-0.1, -0.05) is 120 Å². The summed E-state index contributed by atoms with van der Waals surface area (Å²) in [7, 11) is 2.09. The fourth-order valence-electron chi connectivity index (χ4n) is 8.83. The predicted octanol–water partition coefficient (Wildman–Crippen LogP) is 13.7. The molecule has 63 heavy (non-hydrogen) atoms. The minimum Gasteiger partial charge on any atom is -0.478 e. The Hall–Kier alpha value is -6.50. The van der Waals surface area contributed by atoms with E-state index in [1.807, 2.05) is 36.4 Å². The van der Waals surface area contributed by atoms with Gasteiger partial charge < -0.3 is 23.8 Å². The number of ether oxygens (including phenoxy) is 4. The normalized spacial score (nSPS) is 14.3. The van der Waals surface area contributed by atoms with Crippen LogP contribution in [-0.4, -0.2) is 25.4 Å². The van der Waals surface area contributed by atoms with Crippen LogP contribution in [0, 0.1) is 6.92 Å². The number of anilines is 1. The summed E-state index contributed by atoms with van der Waals surface area (Å²) in [6, 6.07) is 55.8. The van der Waals surface area contributed by atoms with Gasteiger partial charge in [-0.05, 0) is 132 Å².